The van der Waals surface area contributed by atoms with Crippen molar-refractivity contribution in [2.24, 2.45) is 0 Å². The molecule has 1 aromatic heterocycles. The van der Waals surface area contributed by atoms with E-state index in [1.165, 1.54) is 0 Å². The lowest BCUT2D eigenvalue weighted by molar-refractivity contribution is -0.157. The van der Waals surface area contributed by atoms with Gasteiger partial charge in [0.25, 0.3) is 0 Å². The zero-order valence-electron chi connectivity index (χ0n) is 13.5. The fourth-order valence-electron chi connectivity index (χ4n) is 2.26. The SMILES string of the molecule is CC(C)(C)c1cc(NC(=O)N[C@@H]2CC(=O)N(CC(F)(F)F)C2)no1. The van der Waals surface area contributed by atoms with Crippen molar-refractivity contribution in [3.8, 4) is 0 Å². The lowest BCUT2D eigenvalue weighted by Gasteiger charge is -2.18. The molecule has 1 saturated heterocycles. The van der Waals surface area contributed by atoms with Gasteiger partial charge in [-0.25, -0.2) is 4.79 Å². The first-order valence-corrected chi connectivity index (χ1v) is 7.33. The number of rotatable bonds is 3. The number of aromatic nitrogens is 1. The molecule has 2 N–H and O–H groups in total. The minimum atomic E-state index is -4.46. The van der Waals surface area contributed by atoms with E-state index >= 15 is 0 Å². The molecule has 2 heterocycles. The van der Waals surface area contributed by atoms with Crippen LogP contribution in [-0.4, -0.2) is 47.3 Å². The van der Waals surface area contributed by atoms with Crippen molar-refractivity contribution in [2.45, 2.75) is 44.8 Å². The molecular formula is C14H19F3N4O3. The standard InChI is InChI=1S/C14H19F3N4O3/c1-13(2,3)9-5-10(20-24-9)19-12(23)18-8-4-11(22)21(6-8)7-14(15,16)17/h5,8H,4,6-7H2,1-3H3,(H2,18,19,20,23)/t8-/m1/s1. The van der Waals surface area contributed by atoms with Gasteiger partial charge in [-0.3, -0.25) is 10.1 Å². The second-order valence-electron chi connectivity index (χ2n) is 6.72. The molecule has 2 rings (SSSR count). The summed E-state index contributed by atoms with van der Waals surface area (Å²) in [5.74, 6) is 0.119. The highest BCUT2D eigenvalue weighted by molar-refractivity contribution is 5.89. The number of carbonyl (C=O) groups is 2. The van der Waals surface area contributed by atoms with Crippen molar-refractivity contribution in [2.75, 3.05) is 18.4 Å². The maximum absolute atomic E-state index is 12.3. The largest absolute Gasteiger partial charge is 0.406 e. The maximum atomic E-state index is 12.3. The van der Waals surface area contributed by atoms with E-state index in [1.807, 2.05) is 20.8 Å². The molecule has 1 aliphatic rings. The van der Waals surface area contributed by atoms with Crippen LogP contribution in [0.2, 0.25) is 0 Å². The second-order valence-corrected chi connectivity index (χ2v) is 6.72. The van der Waals surface area contributed by atoms with Gasteiger partial charge in [0, 0.05) is 24.4 Å². The van der Waals surface area contributed by atoms with E-state index in [9.17, 15) is 22.8 Å². The third kappa shape index (κ3) is 4.87. The van der Waals surface area contributed by atoms with Crippen molar-refractivity contribution < 1.29 is 27.3 Å². The highest BCUT2D eigenvalue weighted by atomic mass is 19.4. The molecule has 24 heavy (non-hydrogen) atoms. The molecule has 0 aromatic carbocycles. The van der Waals surface area contributed by atoms with Crippen LogP contribution in [0.5, 0.6) is 0 Å². The third-order valence-corrected chi connectivity index (χ3v) is 3.41. The predicted octanol–water partition coefficient (Wildman–Crippen LogP) is 2.26. The summed E-state index contributed by atoms with van der Waals surface area (Å²) < 4.78 is 42.1. The van der Waals surface area contributed by atoms with Crippen molar-refractivity contribution in [3.63, 3.8) is 0 Å². The lowest BCUT2D eigenvalue weighted by atomic mass is 9.93. The van der Waals surface area contributed by atoms with Crippen LogP contribution in [0.25, 0.3) is 0 Å². The summed E-state index contributed by atoms with van der Waals surface area (Å²) in [4.78, 5) is 24.1. The van der Waals surface area contributed by atoms with Crippen LogP contribution >= 0.6 is 0 Å². The van der Waals surface area contributed by atoms with Gasteiger partial charge in [0.15, 0.2) is 5.82 Å². The monoisotopic (exact) mass is 348 g/mol. The highest BCUT2D eigenvalue weighted by Gasteiger charge is 2.38. The van der Waals surface area contributed by atoms with Crippen LogP contribution in [0.15, 0.2) is 10.6 Å². The lowest BCUT2D eigenvalue weighted by Crippen LogP contribution is -2.41. The van der Waals surface area contributed by atoms with Gasteiger partial charge < -0.3 is 14.7 Å². The smallest absolute Gasteiger partial charge is 0.359 e. The van der Waals surface area contributed by atoms with E-state index in [-0.39, 0.29) is 24.2 Å². The van der Waals surface area contributed by atoms with E-state index in [0.29, 0.717) is 10.7 Å². The number of alkyl halides is 3. The first-order valence-electron chi connectivity index (χ1n) is 7.33. The number of urea groups is 1. The molecule has 10 heteroatoms. The van der Waals surface area contributed by atoms with Crippen LogP contribution in [-0.2, 0) is 10.2 Å². The number of hydrogen-bond acceptors (Lipinski definition) is 4. The van der Waals surface area contributed by atoms with Crippen LogP contribution in [0, 0.1) is 0 Å². The average Bonchev–Trinajstić information content (AvgIpc) is 2.95. The number of halogens is 3. The van der Waals surface area contributed by atoms with E-state index in [4.69, 9.17) is 4.52 Å². The molecule has 1 fully saturated rings. The summed E-state index contributed by atoms with van der Waals surface area (Å²) in [6, 6.07) is 0.222. The minimum absolute atomic E-state index is 0.171. The van der Waals surface area contributed by atoms with Gasteiger partial charge in [0.1, 0.15) is 12.3 Å². The second kappa shape index (κ2) is 6.33. The Morgan fingerprint density at radius 1 is 1.42 bits per heavy atom. The Kier molecular flexibility index (Phi) is 4.77. The van der Waals surface area contributed by atoms with Gasteiger partial charge in [-0.1, -0.05) is 25.9 Å². The fourth-order valence-corrected chi connectivity index (χ4v) is 2.26. The van der Waals surface area contributed by atoms with Crippen LogP contribution < -0.4 is 10.6 Å². The zero-order valence-corrected chi connectivity index (χ0v) is 13.5. The summed E-state index contributed by atoms with van der Waals surface area (Å²) in [7, 11) is 0. The summed E-state index contributed by atoms with van der Waals surface area (Å²) in [5, 5.41) is 8.59. The van der Waals surface area contributed by atoms with Crippen molar-refractivity contribution >= 4 is 17.8 Å². The quantitative estimate of drug-likeness (QED) is 0.877. The Balaban J connectivity index is 1.87. The molecule has 3 amide bonds. The molecule has 7 nitrogen and oxygen atoms in total. The first-order chi connectivity index (χ1) is 10.9. The van der Waals surface area contributed by atoms with Crippen LogP contribution in [0.4, 0.5) is 23.8 Å². The van der Waals surface area contributed by atoms with Gasteiger partial charge in [-0.05, 0) is 0 Å². The fraction of sp³-hybridized carbons (Fsp3) is 0.643. The molecule has 0 spiro atoms. The summed E-state index contributed by atoms with van der Waals surface area (Å²) >= 11 is 0. The minimum Gasteiger partial charge on any atom is -0.359 e. The average molecular weight is 348 g/mol. The Morgan fingerprint density at radius 3 is 2.62 bits per heavy atom. The Bertz CT molecular complexity index is 622. The number of anilines is 1. The van der Waals surface area contributed by atoms with Gasteiger partial charge in [-0.2, -0.15) is 13.2 Å². The van der Waals surface area contributed by atoms with Crippen LogP contribution in [0.1, 0.15) is 33.0 Å². The van der Waals surface area contributed by atoms with Gasteiger partial charge >= 0.3 is 12.2 Å². The molecule has 1 aromatic rings. The van der Waals surface area contributed by atoms with E-state index < -0.39 is 30.7 Å². The predicted molar refractivity (Wildman–Crippen MR) is 78.4 cm³/mol. The third-order valence-electron chi connectivity index (χ3n) is 3.41. The molecule has 0 bridgehead atoms. The maximum Gasteiger partial charge on any atom is 0.406 e. The topological polar surface area (TPSA) is 87.5 Å². The molecule has 0 saturated carbocycles. The molecule has 1 atom stereocenters. The highest BCUT2D eigenvalue weighted by Crippen LogP contribution is 2.24. The van der Waals surface area contributed by atoms with Crippen molar-refractivity contribution in [1.29, 1.82) is 0 Å². The van der Waals surface area contributed by atoms with Crippen LogP contribution in [0.3, 0.4) is 0 Å². The molecule has 134 valence electrons. The first kappa shape index (κ1) is 18.1. The van der Waals surface area contributed by atoms with Gasteiger partial charge in [0.2, 0.25) is 5.91 Å². The van der Waals surface area contributed by atoms with E-state index in [0.717, 1.165) is 0 Å². The number of amides is 3. The Labute approximate surface area is 136 Å². The van der Waals surface area contributed by atoms with Gasteiger partial charge in [-0.15, -0.1) is 0 Å². The summed E-state index contributed by atoms with van der Waals surface area (Å²) in [5.41, 5.74) is -0.278. The van der Waals surface area contributed by atoms with Gasteiger partial charge in [0.05, 0.1) is 6.04 Å². The summed E-state index contributed by atoms with van der Waals surface area (Å²) in [6.45, 7) is 4.24. The number of hydrogen-bond donors (Lipinski definition) is 2. The number of likely N-dealkylation sites (tertiary alicyclic amines) is 1. The van der Waals surface area contributed by atoms with E-state index in [1.54, 1.807) is 6.07 Å². The Hall–Kier alpha value is -2.26. The molecule has 0 aliphatic carbocycles. The van der Waals surface area contributed by atoms with E-state index in [2.05, 4.69) is 15.8 Å². The van der Waals surface area contributed by atoms with Crippen molar-refractivity contribution in [3.05, 3.63) is 11.8 Å². The number of nitrogens with zero attached hydrogens (tertiary/aromatic N) is 2. The van der Waals surface area contributed by atoms with Crippen molar-refractivity contribution in [1.82, 2.24) is 15.4 Å². The normalized spacial score (nSPS) is 18.8. The number of nitrogens with one attached hydrogen (secondary N) is 2. The molecule has 0 radical (unpaired) electrons. The molecule has 1 aliphatic heterocycles. The molecular weight excluding hydrogens is 329 g/mol. The Morgan fingerprint density at radius 2 is 2.08 bits per heavy atom. The number of carbonyl (C=O) groups excluding carboxylic acids is 2. The molecule has 0 unspecified atom stereocenters. The summed E-state index contributed by atoms with van der Waals surface area (Å²) in [6.07, 6.45) is -4.63. The zero-order chi connectivity index (χ0) is 18.1.